The third kappa shape index (κ3) is 4.53. The van der Waals surface area contributed by atoms with Crippen molar-refractivity contribution in [3.05, 3.63) is 53.6 Å². The number of hydrogen-bond donors (Lipinski definition) is 1. The van der Waals surface area contributed by atoms with E-state index in [1.54, 1.807) is 12.1 Å². The van der Waals surface area contributed by atoms with Gasteiger partial charge in [-0.1, -0.05) is 19.1 Å². The molecule has 1 aromatic carbocycles. The van der Waals surface area contributed by atoms with Crippen LogP contribution in [0.4, 0.5) is 4.39 Å². The summed E-state index contributed by atoms with van der Waals surface area (Å²) in [5.41, 5.74) is 2.25. The van der Waals surface area contributed by atoms with Crippen LogP contribution in [0.2, 0.25) is 0 Å². The summed E-state index contributed by atoms with van der Waals surface area (Å²) in [7, 11) is 0. The number of aryl methyl sites for hydroxylation is 1. The van der Waals surface area contributed by atoms with E-state index in [0.717, 1.165) is 44.7 Å². The van der Waals surface area contributed by atoms with Gasteiger partial charge in [0.15, 0.2) is 0 Å². The Morgan fingerprint density at radius 3 is 3.04 bits per heavy atom. The van der Waals surface area contributed by atoms with Crippen molar-refractivity contribution in [2.45, 2.75) is 32.5 Å². The van der Waals surface area contributed by atoms with Gasteiger partial charge in [-0.2, -0.15) is 5.10 Å². The summed E-state index contributed by atoms with van der Waals surface area (Å²) in [5.74, 6) is -0.168. The Labute approximate surface area is 143 Å². The van der Waals surface area contributed by atoms with Crippen LogP contribution in [0.1, 0.15) is 30.5 Å². The van der Waals surface area contributed by atoms with E-state index >= 15 is 0 Å². The van der Waals surface area contributed by atoms with Crippen LogP contribution in [0.15, 0.2) is 36.7 Å². The molecule has 1 unspecified atom stereocenters. The zero-order chi connectivity index (χ0) is 15.4. The summed E-state index contributed by atoms with van der Waals surface area (Å²) in [6, 6.07) is 7.15. The molecule has 0 saturated carbocycles. The predicted octanol–water partition coefficient (Wildman–Crippen LogP) is 3.00. The van der Waals surface area contributed by atoms with Crippen LogP contribution >= 0.6 is 12.4 Å². The average Bonchev–Trinajstić information content (AvgIpc) is 2.95. The quantitative estimate of drug-likeness (QED) is 0.909. The van der Waals surface area contributed by atoms with E-state index in [4.69, 9.17) is 0 Å². The van der Waals surface area contributed by atoms with Gasteiger partial charge in [-0.3, -0.25) is 9.58 Å². The summed E-state index contributed by atoms with van der Waals surface area (Å²) in [5, 5.41) is 7.81. The lowest BCUT2D eigenvalue weighted by Gasteiger charge is -2.36. The molecule has 3 rings (SSSR count). The fraction of sp³-hybridized carbons (Fsp3) is 0.471. The molecule has 1 saturated heterocycles. The highest BCUT2D eigenvalue weighted by atomic mass is 35.5. The van der Waals surface area contributed by atoms with E-state index in [1.165, 1.54) is 11.6 Å². The van der Waals surface area contributed by atoms with Crippen molar-refractivity contribution in [3.8, 4) is 0 Å². The minimum Gasteiger partial charge on any atom is -0.314 e. The van der Waals surface area contributed by atoms with Crippen molar-refractivity contribution < 1.29 is 4.39 Å². The van der Waals surface area contributed by atoms with E-state index in [1.807, 2.05) is 16.9 Å². The standard InChI is InChI=1S/C17H23FN4.ClH/c1-2-7-22-13-14(10-20-22)12-21-8-6-19-11-17(21)15-4-3-5-16(18)9-15;/h3-5,9-10,13,17,19H,2,6-8,11-12H2,1H3;1H. The summed E-state index contributed by atoms with van der Waals surface area (Å²) < 4.78 is 15.5. The summed E-state index contributed by atoms with van der Waals surface area (Å²) in [4.78, 5) is 2.40. The van der Waals surface area contributed by atoms with Gasteiger partial charge >= 0.3 is 0 Å². The Hall–Kier alpha value is -1.43. The van der Waals surface area contributed by atoms with Crippen molar-refractivity contribution in [1.82, 2.24) is 20.0 Å². The fourth-order valence-corrected chi connectivity index (χ4v) is 3.05. The molecule has 1 aliphatic heterocycles. The first-order valence-electron chi connectivity index (χ1n) is 7.98. The SMILES string of the molecule is CCCn1cc(CN2CCNCC2c2cccc(F)c2)cn1.Cl. The second kappa shape index (κ2) is 8.43. The van der Waals surface area contributed by atoms with E-state index in [-0.39, 0.29) is 24.3 Å². The van der Waals surface area contributed by atoms with Gasteiger partial charge in [0, 0.05) is 50.5 Å². The van der Waals surface area contributed by atoms with Gasteiger partial charge in [0.1, 0.15) is 5.82 Å². The minimum atomic E-state index is -0.168. The summed E-state index contributed by atoms with van der Waals surface area (Å²) in [6.07, 6.45) is 5.15. The first-order valence-corrected chi connectivity index (χ1v) is 7.98. The Kier molecular flexibility index (Phi) is 6.57. The van der Waals surface area contributed by atoms with E-state index in [2.05, 4.69) is 28.4 Å². The Morgan fingerprint density at radius 2 is 2.26 bits per heavy atom. The van der Waals surface area contributed by atoms with Gasteiger partial charge in [0.05, 0.1) is 6.20 Å². The highest BCUT2D eigenvalue weighted by Crippen LogP contribution is 2.24. The van der Waals surface area contributed by atoms with Crippen LogP contribution in [0, 0.1) is 5.82 Å². The number of benzene rings is 1. The van der Waals surface area contributed by atoms with Crippen LogP contribution in [-0.2, 0) is 13.1 Å². The number of nitrogens with zero attached hydrogens (tertiary/aromatic N) is 3. The molecule has 4 nitrogen and oxygen atoms in total. The van der Waals surface area contributed by atoms with Crippen molar-refractivity contribution in [2.75, 3.05) is 19.6 Å². The highest BCUT2D eigenvalue weighted by molar-refractivity contribution is 5.85. The van der Waals surface area contributed by atoms with Gasteiger partial charge in [0.25, 0.3) is 0 Å². The van der Waals surface area contributed by atoms with Crippen molar-refractivity contribution in [1.29, 1.82) is 0 Å². The first-order chi connectivity index (χ1) is 10.8. The lowest BCUT2D eigenvalue weighted by Crippen LogP contribution is -2.45. The van der Waals surface area contributed by atoms with Gasteiger partial charge in [-0.05, 0) is 24.1 Å². The van der Waals surface area contributed by atoms with Gasteiger partial charge in [0.2, 0.25) is 0 Å². The number of halogens is 2. The maximum atomic E-state index is 13.5. The largest absolute Gasteiger partial charge is 0.314 e. The van der Waals surface area contributed by atoms with Gasteiger partial charge in [-0.15, -0.1) is 12.4 Å². The smallest absolute Gasteiger partial charge is 0.123 e. The molecule has 0 spiro atoms. The fourth-order valence-electron chi connectivity index (χ4n) is 3.05. The minimum absolute atomic E-state index is 0. The Morgan fingerprint density at radius 1 is 1.39 bits per heavy atom. The molecule has 0 amide bonds. The molecule has 1 atom stereocenters. The van der Waals surface area contributed by atoms with Gasteiger partial charge < -0.3 is 5.32 Å². The van der Waals surface area contributed by atoms with Crippen LogP contribution in [-0.4, -0.2) is 34.3 Å². The van der Waals surface area contributed by atoms with Crippen LogP contribution in [0.25, 0.3) is 0 Å². The number of rotatable bonds is 5. The Bertz CT molecular complexity index is 616. The lowest BCUT2D eigenvalue weighted by atomic mass is 10.0. The lowest BCUT2D eigenvalue weighted by molar-refractivity contribution is 0.153. The highest BCUT2D eigenvalue weighted by Gasteiger charge is 2.24. The molecule has 0 bridgehead atoms. The predicted molar refractivity (Wildman–Crippen MR) is 92.2 cm³/mol. The topological polar surface area (TPSA) is 33.1 Å². The van der Waals surface area contributed by atoms with Crippen LogP contribution in [0.3, 0.4) is 0 Å². The molecular formula is C17H24ClFN4. The van der Waals surface area contributed by atoms with Crippen molar-refractivity contribution in [2.24, 2.45) is 0 Å². The van der Waals surface area contributed by atoms with E-state index < -0.39 is 0 Å². The normalized spacial score (nSPS) is 18.6. The summed E-state index contributed by atoms with van der Waals surface area (Å²) >= 11 is 0. The Balaban J connectivity index is 0.00000192. The van der Waals surface area contributed by atoms with Crippen LogP contribution in [0.5, 0.6) is 0 Å². The molecular weight excluding hydrogens is 315 g/mol. The van der Waals surface area contributed by atoms with Gasteiger partial charge in [-0.25, -0.2) is 4.39 Å². The maximum absolute atomic E-state index is 13.5. The molecule has 1 fully saturated rings. The number of aromatic nitrogens is 2. The molecule has 1 N–H and O–H groups in total. The third-order valence-electron chi connectivity index (χ3n) is 4.11. The number of hydrogen-bond acceptors (Lipinski definition) is 3. The molecule has 2 aromatic rings. The number of piperazine rings is 1. The maximum Gasteiger partial charge on any atom is 0.123 e. The van der Waals surface area contributed by atoms with Crippen LogP contribution < -0.4 is 5.32 Å². The second-order valence-corrected chi connectivity index (χ2v) is 5.86. The second-order valence-electron chi connectivity index (χ2n) is 5.86. The molecule has 6 heteroatoms. The molecule has 0 radical (unpaired) electrons. The molecule has 1 aliphatic rings. The van der Waals surface area contributed by atoms with Crippen molar-refractivity contribution in [3.63, 3.8) is 0 Å². The van der Waals surface area contributed by atoms with E-state index in [0.29, 0.717) is 0 Å². The monoisotopic (exact) mass is 338 g/mol. The number of nitrogens with one attached hydrogen (secondary N) is 1. The molecule has 126 valence electrons. The average molecular weight is 339 g/mol. The first kappa shape index (κ1) is 17.9. The third-order valence-corrected chi connectivity index (χ3v) is 4.11. The molecule has 2 heterocycles. The molecule has 0 aliphatic carbocycles. The summed E-state index contributed by atoms with van der Waals surface area (Å²) in [6.45, 7) is 6.74. The zero-order valence-corrected chi connectivity index (χ0v) is 14.2. The zero-order valence-electron chi connectivity index (χ0n) is 13.4. The molecule has 1 aromatic heterocycles. The molecule has 23 heavy (non-hydrogen) atoms. The van der Waals surface area contributed by atoms with E-state index in [9.17, 15) is 4.39 Å². The van der Waals surface area contributed by atoms with Crippen molar-refractivity contribution >= 4 is 12.4 Å².